The highest BCUT2D eigenvalue weighted by molar-refractivity contribution is 8.00. The first kappa shape index (κ1) is 12.9. The molecule has 2 rings (SSSR count). The molecule has 1 aromatic rings. The Labute approximate surface area is 110 Å². The quantitative estimate of drug-likeness (QED) is 0.853. The molecule has 2 heterocycles. The van der Waals surface area contributed by atoms with Gasteiger partial charge < -0.3 is 4.74 Å². The molecular formula is C12H17NO2S2. The van der Waals surface area contributed by atoms with E-state index >= 15 is 0 Å². The lowest BCUT2D eigenvalue weighted by Gasteiger charge is -2.31. The average Bonchev–Trinajstić information content (AvgIpc) is 2.96. The summed E-state index contributed by atoms with van der Waals surface area (Å²) in [7, 11) is 1.46. The fourth-order valence-electron chi connectivity index (χ4n) is 2.15. The van der Waals surface area contributed by atoms with Crippen molar-refractivity contribution in [2.24, 2.45) is 0 Å². The minimum absolute atomic E-state index is 0.133. The molecule has 17 heavy (non-hydrogen) atoms. The zero-order valence-electron chi connectivity index (χ0n) is 10.1. The lowest BCUT2D eigenvalue weighted by atomic mass is 9.92. The number of thioether (sulfide) groups is 1. The van der Waals surface area contributed by atoms with Crippen LogP contribution in [0.25, 0.3) is 0 Å². The van der Waals surface area contributed by atoms with Crippen molar-refractivity contribution in [1.82, 2.24) is 5.32 Å². The normalized spacial score (nSPS) is 28.2. The SMILES string of the molecule is COC(=O)C1(NCc2cccs2)CCSC1C. The monoisotopic (exact) mass is 271 g/mol. The number of esters is 1. The number of carbonyl (C=O) groups is 1. The van der Waals surface area contributed by atoms with Crippen LogP contribution in [0.15, 0.2) is 17.5 Å². The highest BCUT2D eigenvalue weighted by Gasteiger charge is 2.48. The summed E-state index contributed by atoms with van der Waals surface area (Å²) in [5.41, 5.74) is -0.511. The van der Waals surface area contributed by atoms with Gasteiger partial charge in [-0.25, -0.2) is 0 Å². The van der Waals surface area contributed by atoms with Gasteiger partial charge in [-0.05, 0) is 23.6 Å². The maximum Gasteiger partial charge on any atom is 0.327 e. The van der Waals surface area contributed by atoms with Crippen molar-refractivity contribution < 1.29 is 9.53 Å². The number of rotatable bonds is 4. The van der Waals surface area contributed by atoms with E-state index in [-0.39, 0.29) is 11.2 Å². The molecule has 0 radical (unpaired) electrons. The van der Waals surface area contributed by atoms with Crippen LogP contribution in [0, 0.1) is 0 Å². The van der Waals surface area contributed by atoms with Gasteiger partial charge in [0.2, 0.25) is 0 Å². The largest absolute Gasteiger partial charge is 0.468 e. The Balaban J connectivity index is 2.09. The Morgan fingerprint density at radius 1 is 1.71 bits per heavy atom. The summed E-state index contributed by atoms with van der Waals surface area (Å²) in [5, 5.41) is 5.72. The summed E-state index contributed by atoms with van der Waals surface area (Å²) in [6.07, 6.45) is 0.844. The van der Waals surface area contributed by atoms with Crippen LogP contribution in [0.1, 0.15) is 18.2 Å². The van der Waals surface area contributed by atoms with E-state index in [9.17, 15) is 4.79 Å². The molecule has 1 saturated heterocycles. The van der Waals surface area contributed by atoms with Crippen molar-refractivity contribution in [2.45, 2.75) is 30.7 Å². The standard InChI is InChI=1S/C12H17NO2S2/c1-9-12(5-7-16-9,11(14)15-2)13-8-10-4-3-6-17-10/h3-4,6,9,13H,5,7-8H2,1-2H3. The van der Waals surface area contributed by atoms with Gasteiger partial charge in [-0.2, -0.15) is 11.8 Å². The van der Waals surface area contributed by atoms with Gasteiger partial charge in [-0.3, -0.25) is 10.1 Å². The summed E-state index contributed by atoms with van der Waals surface area (Å²) >= 11 is 3.53. The third-order valence-corrected chi connectivity index (χ3v) is 5.48. The van der Waals surface area contributed by atoms with E-state index in [0.29, 0.717) is 0 Å². The summed E-state index contributed by atoms with van der Waals surface area (Å²) in [6, 6.07) is 4.11. The van der Waals surface area contributed by atoms with Crippen LogP contribution >= 0.6 is 23.1 Å². The van der Waals surface area contributed by atoms with Crippen LogP contribution in [0.2, 0.25) is 0 Å². The number of thiophene rings is 1. The number of hydrogen-bond acceptors (Lipinski definition) is 5. The van der Waals surface area contributed by atoms with Crippen LogP contribution in [0.5, 0.6) is 0 Å². The molecule has 1 aromatic heterocycles. The van der Waals surface area contributed by atoms with Gasteiger partial charge in [0.05, 0.1) is 7.11 Å². The van der Waals surface area contributed by atoms with Gasteiger partial charge in [0.1, 0.15) is 5.54 Å². The third kappa shape index (κ3) is 2.51. The first-order chi connectivity index (χ1) is 8.19. The second kappa shape index (κ2) is 5.42. The Kier molecular flexibility index (Phi) is 4.12. The van der Waals surface area contributed by atoms with Gasteiger partial charge in [-0.1, -0.05) is 13.0 Å². The van der Waals surface area contributed by atoms with Crippen LogP contribution < -0.4 is 5.32 Å². The molecule has 1 aliphatic rings. The van der Waals surface area contributed by atoms with Crippen LogP contribution in [0.4, 0.5) is 0 Å². The minimum atomic E-state index is -0.511. The summed E-state index contributed by atoms with van der Waals surface area (Å²) in [4.78, 5) is 13.3. The van der Waals surface area contributed by atoms with Crippen LogP contribution in [-0.2, 0) is 16.1 Å². The lowest BCUT2D eigenvalue weighted by Crippen LogP contribution is -2.56. The number of hydrogen-bond donors (Lipinski definition) is 1. The van der Waals surface area contributed by atoms with Gasteiger partial charge in [0.25, 0.3) is 0 Å². The third-order valence-electron chi connectivity index (χ3n) is 3.27. The summed E-state index contributed by atoms with van der Waals surface area (Å²) in [5.74, 6) is 0.875. The number of ether oxygens (including phenoxy) is 1. The zero-order chi connectivity index (χ0) is 12.3. The molecule has 0 aliphatic carbocycles. The Hall–Kier alpha value is -0.520. The first-order valence-electron chi connectivity index (χ1n) is 5.66. The second-order valence-corrected chi connectivity index (χ2v) is 6.64. The molecule has 1 N–H and O–H groups in total. The van der Waals surface area contributed by atoms with E-state index in [1.165, 1.54) is 12.0 Å². The molecule has 1 fully saturated rings. The topological polar surface area (TPSA) is 38.3 Å². The fourth-order valence-corrected chi connectivity index (χ4v) is 4.17. The van der Waals surface area contributed by atoms with Crippen molar-refractivity contribution in [1.29, 1.82) is 0 Å². The van der Waals surface area contributed by atoms with Crippen molar-refractivity contribution in [3.63, 3.8) is 0 Å². The molecule has 0 saturated carbocycles. The molecule has 2 atom stereocenters. The predicted octanol–water partition coefficient (Wildman–Crippen LogP) is 2.27. The van der Waals surface area contributed by atoms with E-state index in [0.717, 1.165) is 18.7 Å². The summed E-state index contributed by atoms with van der Waals surface area (Å²) in [6.45, 7) is 2.83. The molecule has 0 bridgehead atoms. The van der Waals surface area contributed by atoms with E-state index in [1.807, 2.05) is 17.8 Å². The maximum absolute atomic E-state index is 12.0. The number of carbonyl (C=O) groups excluding carboxylic acids is 1. The van der Waals surface area contributed by atoms with Crippen LogP contribution in [-0.4, -0.2) is 29.6 Å². The van der Waals surface area contributed by atoms with Crippen molar-refractivity contribution >= 4 is 29.1 Å². The molecule has 1 aliphatic heterocycles. The van der Waals surface area contributed by atoms with Crippen molar-refractivity contribution in [3.05, 3.63) is 22.4 Å². The lowest BCUT2D eigenvalue weighted by molar-refractivity contribution is -0.148. The van der Waals surface area contributed by atoms with Gasteiger partial charge in [0, 0.05) is 16.7 Å². The van der Waals surface area contributed by atoms with Crippen molar-refractivity contribution in [3.8, 4) is 0 Å². The maximum atomic E-state index is 12.0. The Morgan fingerprint density at radius 2 is 2.53 bits per heavy atom. The highest BCUT2D eigenvalue weighted by Crippen LogP contribution is 2.37. The number of nitrogens with one attached hydrogen (secondary N) is 1. The second-order valence-electron chi connectivity index (χ2n) is 4.16. The number of methoxy groups -OCH3 is 1. The zero-order valence-corrected chi connectivity index (χ0v) is 11.7. The van der Waals surface area contributed by atoms with E-state index in [2.05, 4.69) is 23.7 Å². The Morgan fingerprint density at radius 3 is 3.06 bits per heavy atom. The van der Waals surface area contributed by atoms with Gasteiger partial charge >= 0.3 is 5.97 Å². The van der Waals surface area contributed by atoms with Crippen LogP contribution in [0.3, 0.4) is 0 Å². The van der Waals surface area contributed by atoms with E-state index in [4.69, 9.17) is 4.74 Å². The van der Waals surface area contributed by atoms with Crippen molar-refractivity contribution in [2.75, 3.05) is 12.9 Å². The predicted molar refractivity (Wildman–Crippen MR) is 72.4 cm³/mol. The molecular weight excluding hydrogens is 254 g/mol. The molecule has 5 heteroatoms. The minimum Gasteiger partial charge on any atom is -0.468 e. The van der Waals surface area contributed by atoms with Gasteiger partial charge in [-0.15, -0.1) is 11.3 Å². The molecule has 0 aromatic carbocycles. The smallest absolute Gasteiger partial charge is 0.327 e. The van der Waals surface area contributed by atoms with E-state index < -0.39 is 5.54 Å². The fraction of sp³-hybridized carbons (Fsp3) is 0.583. The molecule has 2 unspecified atom stereocenters. The Bertz CT molecular complexity index is 380. The molecule has 3 nitrogen and oxygen atoms in total. The molecule has 0 amide bonds. The molecule has 0 spiro atoms. The van der Waals surface area contributed by atoms with Gasteiger partial charge in [0.15, 0.2) is 0 Å². The average molecular weight is 271 g/mol. The van der Waals surface area contributed by atoms with E-state index in [1.54, 1.807) is 11.3 Å². The summed E-state index contributed by atoms with van der Waals surface area (Å²) < 4.78 is 4.97. The molecule has 94 valence electrons. The highest BCUT2D eigenvalue weighted by atomic mass is 32.2. The first-order valence-corrected chi connectivity index (χ1v) is 7.59.